The van der Waals surface area contributed by atoms with Crippen LogP contribution in [0.25, 0.3) is 0 Å². The Labute approximate surface area is 107 Å². The Kier molecular flexibility index (Phi) is 5.62. The first-order chi connectivity index (χ1) is 8.53. The lowest BCUT2D eigenvalue weighted by Crippen LogP contribution is -2.16. The van der Waals surface area contributed by atoms with E-state index in [0.717, 1.165) is 12.8 Å². The van der Waals surface area contributed by atoms with Gasteiger partial charge < -0.3 is 4.74 Å². The van der Waals surface area contributed by atoms with Gasteiger partial charge in [0.1, 0.15) is 11.8 Å². The average molecular weight is 268 g/mol. The summed E-state index contributed by atoms with van der Waals surface area (Å²) in [6, 6.07) is 9.05. The van der Waals surface area contributed by atoms with Crippen molar-refractivity contribution in [3.63, 3.8) is 0 Å². The predicted octanol–water partition coefficient (Wildman–Crippen LogP) is 1.40. The molecule has 1 aromatic carbocycles. The van der Waals surface area contributed by atoms with Crippen LogP contribution >= 0.6 is 0 Å². The number of ether oxygens (including phenoxy) is 1. The van der Waals surface area contributed by atoms with Gasteiger partial charge in [-0.3, -0.25) is 0 Å². The van der Waals surface area contributed by atoms with Crippen molar-refractivity contribution in [2.45, 2.75) is 19.3 Å². The first-order valence-electron chi connectivity index (χ1n) is 5.65. The summed E-state index contributed by atoms with van der Waals surface area (Å²) in [7, 11) is -3.36. The molecule has 0 amide bonds. The van der Waals surface area contributed by atoms with E-state index in [1.807, 2.05) is 6.07 Å². The van der Waals surface area contributed by atoms with Gasteiger partial charge in [0.25, 0.3) is 0 Å². The number of para-hydroxylation sites is 1. The quantitative estimate of drug-likeness (QED) is 0.756. The molecule has 0 fully saturated rings. The summed E-state index contributed by atoms with van der Waals surface area (Å²) in [5.74, 6) is 0.563. The molecule has 5 nitrogen and oxygen atoms in total. The van der Waals surface area contributed by atoms with Crippen molar-refractivity contribution in [1.82, 2.24) is 0 Å². The van der Waals surface area contributed by atoms with Gasteiger partial charge in [-0.05, 0) is 31.4 Å². The molecule has 0 aromatic heterocycles. The Bertz CT molecular complexity index is 520. The molecule has 6 heteroatoms. The Morgan fingerprint density at radius 2 is 1.94 bits per heavy atom. The molecule has 0 unspecified atom stereocenters. The second kappa shape index (κ2) is 6.99. The molecular weight excluding hydrogens is 252 g/mol. The maximum atomic E-state index is 10.7. The van der Waals surface area contributed by atoms with Crippen LogP contribution in [0.2, 0.25) is 0 Å². The van der Waals surface area contributed by atoms with Gasteiger partial charge in [-0.15, -0.1) is 0 Å². The van der Waals surface area contributed by atoms with Crippen molar-refractivity contribution in [2.75, 3.05) is 12.4 Å². The second-order valence-electron chi connectivity index (χ2n) is 3.88. The summed E-state index contributed by atoms with van der Waals surface area (Å²) in [5, 5.41) is 13.7. The van der Waals surface area contributed by atoms with Crippen LogP contribution in [0.1, 0.15) is 24.8 Å². The predicted molar refractivity (Wildman–Crippen MR) is 68.5 cm³/mol. The normalized spacial score (nSPS) is 10.9. The highest BCUT2D eigenvalue weighted by atomic mass is 32.2. The fraction of sp³-hybridized carbons (Fsp3) is 0.417. The minimum absolute atomic E-state index is 0.00177. The molecular formula is C12H16N2O3S. The zero-order valence-corrected chi connectivity index (χ0v) is 10.8. The zero-order chi connectivity index (χ0) is 13.4. The molecule has 2 N–H and O–H groups in total. The molecule has 0 saturated carbocycles. The highest BCUT2D eigenvalue weighted by molar-refractivity contribution is 7.89. The number of nitriles is 1. The monoisotopic (exact) mass is 268 g/mol. The van der Waals surface area contributed by atoms with Crippen LogP contribution in [0, 0.1) is 11.3 Å². The Morgan fingerprint density at radius 3 is 2.61 bits per heavy atom. The number of primary sulfonamides is 1. The molecule has 0 atom stereocenters. The van der Waals surface area contributed by atoms with Crippen LogP contribution in [0.5, 0.6) is 5.75 Å². The molecule has 0 aliphatic heterocycles. The molecule has 98 valence electrons. The van der Waals surface area contributed by atoms with E-state index in [9.17, 15) is 8.42 Å². The third kappa shape index (κ3) is 5.66. The number of sulfonamides is 1. The smallest absolute Gasteiger partial charge is 0.209 e. The number of hydrogen-bond donors (Lipinski definition) is 1. The Balaban J connectivity index is 2.24. The van der Waals surface area contributed by atoms with Gasteiger partial charge in [0.2, 0.25) is 10.0 Å². The first-order valence-corrected chi connectivity index (χ1v) is 7.37. The number of rotatable bonds is 7. The van der Waals surface area contributed by atoms with Crippen molar-refractivity contribution >= 4 is 10.0 Å². The molecule has 0 aliphatic carbocycles. The van der Waals surface area contributed by atoms with Crippen LogP contribution in [0.4, 0.5) is 0 Å². The van der Waals surface area contributed by atoms with E-state index < -0.39 is 10.0 Å². The van der Waals surface area contributed by atoms with E-state index in [1.165, 1.54) is 0 Å². The number of hydrogen-bond acceptors (Lipinski definition) is 4. The topological polar surface area (TPSA) is 93.2 Å². The Morgan fingerprint density at radius 1 is 1.22 bits per heavy atom. The van der Waals surface area contributed by atoms with Crippen LogP contribution in [-0.2, 0) is 10.0 Å². The average Bonchev–Trinajstić information content (AvgIpc) is 2.32. The number of benzene rings is 1. The first kappa shape index (κ1) is 14.5. The van der Waals surface area contributed by atoms with Crippen molar-refractivity contribution in [3.05, 3.63) is 29.8 Å². The molecule has 0 heterocycles. The minimum Gasteiger partial charge on any atom is -0.492 e. The van der Waals surface area contributed by atoms with E-state index >= 15 is 0 Å². The lowest BCUT2D eigenvalue weighted by atomic mass is 10.2. The fourth-order valence-electron chi connectivity index (χ4n) is 1.45. The molecule has 18 heavy (non-hydrogen) atoms. The van der Waals surface area contributed by atoms with Crippen LogP contribution in [-0.4, -0.2) is 20.8 Å². The third-order valence-electron chi connectivity index (χ3n) is 2.34. The number of nitrogens with zero attached hydrogens (tertiary/aromatic N) is 1. The van der Waals surface area contributed by atoms with Gasteiger partial charge in [0.05, 0.1) is 17.9 Å². The van der Waals surface area contributed by atoms with Crippen LogP contribution < -0.4 is 9.88 Å². The van der Waals surface area contributed by atoms with Gasteiger partial charge in [-0.1, -0.05) is 12.1 Å². The Hall–Kier alpha value is -1.58. The van der Waals surface area contributed by atoms with Gasteiger partial charge in [0.15, 0.2) is 0 Å². The molecule has 0 aliphatic rings. The number of unbranched alkanes of at least 4 members (excludes halogenated alkanes) is 2. The summed E-state index contributed by atoms with van der Waals surface area (Å²) < 4.78 is 26.8. The third-order valence-corrected chi connectivity index (χ3v) is 3.20. The summed E-state index contributed by atoms with van der Waals surface area (Å²) in [6.07, 6.45) is 1.99. The molecule has 0 spiro atoms. The maximum absolute atomic E-state index is 10.7. The fourth-order valence-corrected chi connectivity index (χ4v) is 2.06. The van der Waals surface area contributed by atoms with E-state index in [2.05, 4.69) is 0 Å². The van der Waals surface area contributed by atoms with Crippen molar-refractivity contribution in [2.24, 2.45) is 5.14 Å². The largest absolute Gasteiger partial charge is 0.492 e. The van der Waals surface area contributed by atoms with Gasteiger partial charge >= 0.3 is 0 Å². The summed E-state index contributed by atoms with van der Waals surface area (Å²) >= 11 is 0. The highest BCUT2D eigenvalue weighted by Gasteiger charge is 2.03. The molecule has 1 aromatic rings. The molecule has 0 radical (unpaired) electrons. The van der Waals surface area contributed by atoms with E-state index in [-0.39, 0.29) is 5.75 Å². The van der Waals surface area contributed by atoms with Gasteiger partial charge in [-0.2, -0.15) is 5.26 Å². The number of nitrogens with two attached hydrogens (primary N) is 1. The SMILES string of the molecule is N#Cc1ccccc1OCCCCCS(N)(=O)=O. The van der Waals surface area contributed by atoms with Crippen molar-refractivity contribution < 1.29 is 13.2 Å². The van der Waals surface area contributed by atoms with Crippen molar-refractivity contribution in [1.29, 1.82) is 5.26 Å². The summed E-state index contributed by atoms with van der Waals surface area (Å²) in [5.41, 5.74) is 0.502. The molecule has 0 bridgehead atoms. The van der Waals surface area contributed by atoms with E-state index in [4.69, 9.17) is 15.1 Å². The summed E-state index contributed by atoms with van der Waals surface area (Å²) in [4.78, 5) is 0. The van der Waals surface area contributed by atoms with Gasteiger partial charge in [-0.25, -0.2) is 13.6 Å². The summed E-state index contributed by atoms with van der Waals surface area (Å²) in [6.45, 7) is 0.462. The molecule has 0 saturated heterocycles. The van der Waals surface area contributed by atoms with E-state index in [0.29, 0.717) is 24.3 Å². The highest BCUT2D eigenvalue weighted by Crippen LogP contribution is 2.16. The lowest BCUT2D eigenvalue weighted by Gasteiger charge is -2.07. The lowest BCUT2D eigenvalue weighted by molar-refractivity contribution is 0.305. The minimum atomic E-state index is -3.36. The van der Waals surface area contributed by atoms with Gasteiger partial charge in [0, 0.05) is 0 Å². The van der Waals surface area contributed by atoms with Crippen LogP contribution in [0.15, 0.2) is 24.3 Å². The van der Waals surface area contributed by atoms with Crippen LogP contribution in [0.3, 0.4) is 0 Å². The standard InChI is InChI=1S/C12H16N2O3S/c13-10-11-6-2-3-7-12(11)17-8-4-1-5-9-18(14,15)16/h2-3,6-7H,1,4-5,8-9H2,(H2,14,15,16). The second-order valence-corrected chi connectivity index (χ2v) is 5.62. The maximum Gasteiger partial charge on any atom is 0.209 e. The molecule has 1 rings (SSSR count). The zero-order valence-electron chi connectivity index (χ0n) is 10.0. The van der Waals surface area contributed by atoms with Crippen molar-refractivity contribution in [3.8, 4) is 11.8 Å². The van der Waals surface area contributed by atoms with E-state index in [1.54, 1.807) is 24.3 Å².